The first-order chi connectivity index (χ1) is 12.7. The Morgan fingerprint density at radius 2 is 1.85 bits per heavy atom. The van der Waals surface area contributed by atoms with E-state index in [1.165, 1.54) is 25.2 Å². The molecule has 0 radical (unpaired) electrons. The summed E-state index contributed by atoms with van der Waals surface area (Å²) in [6.45, 7) is 5.36. The van der Waals surface area contributed by atoms with Gasteiger partial charge >= 0.3 is 0 Å². The number of sulfonamides is 1. The highest BCUT2D eigenvalue weighted by atomic mass is 32.2. The predicted molar refractivity (Wildman–Crippen MR) is 104 cm³/mol. The molecular weight excluding hydrogens is 366 g/mol. The molecule has 0 saturated carbocycles. The van der Waals surface area contributed by atoms with Crippen LogP contribution in [0.3, 0.4) is 0 Å². The van der Waals surface area contributed by atoms with Gasteiger partial charge in [0.2, 0.25) is 21.5 Å². The maximum absolute atomic E-state index is 12.9. The van der Waals surface area contributed by atoms with Crippen molar-refractivity contribution >= 4 is 26.8 Å². The first kappa shape index (κ1) is 19.6. The SMILES string of the molecule is C[C@@H]1C[C@@H](C)CN(C(=O)CN(C)S(=O)(=O)c2ccc3[nH]c(=O)ccc3c2)C1. The van der Waals surface area contributed by atoms with Crippen LogP contribution in [-0.4, -0.2) is 55.2 Å². The van der Waals surface area contributed by atoms with E-state index in [-0.39, 0.29) is 22.9 Å². The Morgan fingerprint density at radius 3 is 2.52 bits per heavy atom. The number of likely N-dealkylation sites (N-methyl/N-ethyl adjacent to an activating group) is 1. The van der Waals surface area contributed by atoms with Gasteiger partial charge in [0.1, 0.15) is 0 Å². The number of carbonyl (C=O) groups is 1. The molecular formula is C19H25N3O4S. The number of hydrogen-bond donors (Lipinski definition) is 1. The van der Waals surface area contributed by atoms with Gasteiger partial charge in [0.25, 0.3) is 0 Å². The Kier molecular flexibility index (Phi) is 5.39. The predicted octanol–water partition coefficient (Wildman–Crippen LogP) is 1.65. The molecule has 0 bridgehead atoms. The molecule has 2 heterocycles. The van der Waals surface area contributed by atoms with E-state index >= 15 is 0 Å². The van der Waals surface area contributed by atoms with Crippen molar-refractivity contribution in [3.63, 3.8) is 0 Å². The topological polar surface area (TPSA) is 90.6 Å². The van der Waals surface area contributed by atoms with Crippen molar-refractivity contribution in [3.8, 4) is 0 Å². The zero-order valence-electron chi connectivity index (χ0n) is 15.8. The number of carbonyl (C=O) groups excluding carboxylic acids is 1. The molecule has 1 aliphatic heterocycles. The van der Waals surface area contributed by atoms with Gasteiger partial charge in [-0.15, -0.1) is 0 Å². The maximum Gasteiger partial charge on any atom is 0.248 e. The van der Waals surface area contributed by atoms with Crippen molar-refractivity contribution in [2.45, 2.75) is 25.2 Å². The number of likely N-dealkylation sites (tertiary alicyclic amines) is 1. The Hall–Kier alpha value is -2.19. The number of hydrogen-bond acceptors (Lipinski definition) is 4. The van der Waals surface area contributed by atoms with E-state index < -0.39 is 10.0 Å². The number of benzene rings is 1. The molecule has 0 spiro atoms. The van der Waals surface area contributed by atoms with Crippen LogP contribution in [0.25, 0.3) is 10.9 Å². The van der Waals surface area contributed by atoms with Gasteiger partial charge < -0.3 is 9.88 Å². The minimum Gasteiger partial charge on any atom is -0.341 e. The number of nitrogens with zero attached hydrogens (tertiary/aromatic N) is 2. The van der Waals surface area contributed by atoms with Crippen LogP contribution in [0.2, 0.25) is 0 Å². The van der Waals surface area contributed by atoms with Crippen LogP contribution in [0.5, 0.6) is 0 Å². The Labute approximate surface area is 159 Å². The normalized spacial score (nSPS) is 21.0. The molecule has 0 unspecified atom stereocenters. The number of piperidine rings is 1. The molecule has 1 aliphatic rings. The largest absolute Gasteiger partial charge is 0.341 e. The minimum absolute atomic E-state index is 0.0951. The number of fused-ring (bicyclic) bond motifs is 1. The lowest BCUT2D eigenvalue weighted by Gasteiger charge is -2.35. The van der Waals surface area contributed by atoms with Crippen molar-refractivity contribution in [3.05, 3.63) is 40.7 Å². The van der Waals surface area contributed by atoms with Crippen molar-refractivity contribution in [2.75, 3.05) is 26.7 Å². The third kappa shape index (κ3) is 4.22. The summed E-state index contributed by atoms with van der Waals surface area (Å²) in [6.07, 6.45) is 1.08. The number of aromatic amines is 1. The molecule has 1 amide bonds. The lowest BCUT2D eigenvalue weighted by Crippen LogP contribution is -2.47. The van der Waals surface area contributed by atoms with Crippen molar-refractivity contribution < 1.29 is 13.2 Å². The van der Waals surface area contributed by atoms with E-state index in [0.717, 1.165) is 10.7 Å². The molecule has 1 fully saturated rings. The Bertz CT molecular complexity index is 1010. The van der Waals surface area contributed by atoms with Crippen LogP contribution >= 0.6 is 0 Å². The van der Waals surface area contributed by atoms with Crippen molar-refractivity contribution in [1.29, 1.82) is 0 Å². The first-order valence-corrected chi connectivity index (χ1v) is 10.5. The highest BCUT2D eigenvalue weighted by Crippen LogP contribution is 2.22. The molecule has 1 saturated heterocycles. The molecule has 0 aliphatic carbocycles. The van der Waals surface area contributed by atoms with Gasteiger partial charge in [0.15, 0.2) is 0 Å². The zero-order chi connectivity index (χ0) is 19.8. The molecule has 27 heavy (non-hydrogen) atoms. The third-order valence-electron chi connectivity index (χ3n) is 4.98. The summed E-state index contributed by atoms with van der Waals surface area (Å²) in [4.78, 5) is 28.5. The van der Waals surface area contributed by atoms with Gasteiger partial charge in [-0.05, 0) is 47.9 Å². The molecule has 1 aromatic heterocycles. The molecule has 1 aromatic carbocycles. The number of rotatable bonds is 4. The van der Waals surface area contributed by atoms with Crippen molar-refractivity contribution in [2.24, 2.45) is 11.8 Å². The molecule has 7 nitrogen and oxygen atoms in total. The van der Waals surface area contributed by atoms with Gasteiger partial charge in [-0.2, -0.15) is 4.31 Å². The van der Waals surface area contributed by atoms with Gasteiger partial charge in [0, 0.05) is 31.7 Å². The molecule has 3 rings (SSSR count). The van der Waals surface area contributed by atoms with Gasteiger partial charge in [-0.25, -0.2) is 8.42 Å². The number of nitrogens with one attached hydrogen (secondary N) is 1. The summed E-state index contributed by atoms with van der Waals surface area (Å²) in [6, 6.07) is 7.44. The van der Waals surface area contributed by atoms with Crippen molar-refractivity contribution in [1.82, 2.24) is 14.2 Å². The van der Waals surface area contributed by atoms with E-state index in [1.807, 2.05) is 0 Å². The number of pyridine rings is 1. The summed E-state index contributed by atoms with van der Waals surface area (Å²) in [7, 11) is -2.39. The van der Waals surface area contributed by atoms with Crippen LogP contribution in [-0.2, 0) is 14.8 Å². The van der Waals surface area contributed by atoms with E-state index in [9.17, 15) is 18.0 Å². The van der Waals surface area contributed by atoms with Gasteiger partial charge in [0.05, 0.1) is 11.4 Å². The Balaban J connectivity index is 1.78. The van der Waals surface area contributed by atoms with E-state index in [2.05, 4.69) is 18.8 Å². The second kappa shape index (κ2) is 7.44. The van der Waals surface area contributed by atoms with E-state index in [1.54, 1.807) is 17.0 Å². The number of aromatic nitrogens is 1. The maximum atomic E-state index is 12.9. The fraction of sp³-hybridized carbons (Fsp3) is 0.474. The van der Waals surface area contributed by atoms with Crippen LogP contribution in [0, 0.1) is 11.8 Å². The summed E-state index contributed by atoms with van der Waals surface area (Å²) < 4.78 is 26.8. The second-order valence-corrected chi connectivity index (χ2v) is 9.62. The van der Waals surface area contributed by atoms with E-state index in [4.69, 9.17) is 0 Å². The summed E-state index contributed by atoms with van der Waals surface area (Å²) in [5.74, 6) is 0.661. The monoisotopic (exact) mass is 391 g/mol. The summed E-state index contributed by atoms with van der Waals surface area (Å²) in [5, 5.41) is 0.620. The molecule has 1 N–H and O–H groups in total. The highest BCUT2D eigenvalue weighted by Gasteiger charge is 2.29. The fourth-order valence-corrected chi connectivity index (χ4v) is 4.87. The minimum atomic E-state index is -3.81. The standard InChI is InChI=1S/C19H25N3O4S/c1-13-8-14(2)11-22(10-13)19(24)12-21(3)27(25,26)16-5-6-17-15(9-16)4-7-18(23)20-17/h4-7,9,13-14H,8,10-12H2,1-3H3,(H,20,23)/t13-,14-/m1/s1. The highest BCUT2D eigenvalue weighted by molar-refractivity contribution is 7.89. The number of H-pyrrole nitrogens is 1. The average molecular weight is 391 g/mol. The first-order valence-electron chi connectivity index (χ1n) is 9.04. The van der Waals surface area contributed by atoms with Crippen LogP contribution in [0.4, 0.5) is 0 Å². The summed E-state index contributed by atoms with van der Waals surface area (Å²) in [5.41, 5.74) is 0.322. The molecule has 146 valence electrons. The fourth-order valence-electron chi connectivity index (χ4n) is 3.71. The quantitative estimate of drug-likeness (QED) is 0.858. The van der Waals surface area contributed by atoms with E-state index in [0.29, 0.717) is 35.8 Å². The Morgan fingerprint density at radius 1 is 1.19 bits per heavy atom. The number of amides is 1. The molecule has 2 atom stereocenters. The second-order valence-electron chi connectivity index (χ2n) is 7.58. The van der Waals surface area contributed by atoms with Crippen LogP contribution in [0.15, 0.2) is 40.0 Å². The van der Waals surface area contributed by atoms with Gasteiger partial charge in [-0.3, -0.25) is 9.59 Å². The van der Waals surface area contributed by atoms with Crippen LogP contribution in [0.1, 0.15) is 20.3 Å². The third-order valence-corrected chi connectivity index (χ3v) is 6.78. The average Bonchev–Trinajstić information content (AvgIpc) is 2.60. The molecule has 2 aromatic rings. The van der Waals surface area contributed by atoms with Gasteiger partial charge in [-0.1, -0.05) is 13.8 Å². The smallest absolute Gasteiger partial charge is 0.248 e. The lowest BCUT2D eigenvalue weighted by atomic mass is 9.92. The summed E-state index contributed by atoms with van der Waals surface area (Å²) >= 11 is 0. The lowest BCUT2D eigenvalue weighted by molar-refractivity contribution is -0.133. The van der Waals surface area contributed by atoms with Crippen LogP contribution < -0.4 is 5.56 Å². The zero-order valence-corrected chi connectivity index (χ0v) is 16.6. The molecule has 8 heteroatoms.